The van der Waals surface area contributed by atoms with Gasteiger partial charge in [-0.2, -0.15) is 0 Å². The molecule has 0 bridgehead atoms. The number of benzene rings is 1. The van der Waals surface area contributed by atoms with Crippen LogP contribution in [0.1, 0.15) is 0 Å². The third kappa shape index (κ3) is 3.18. The van der Waals surface area contributed by atoms with Crippen LogP contribution in [0.2, 0.25) is 0 Å². The van der Waals surface area contributed by atoms with Gasteiger partial charge in [0.15, 0.2) is 0 Å². The highest BCUT2D eigenvalue weighted by Crippen LogP contribution is 2.15. The maximum absolute atomic E-state index is 10.5. The van der Waals surface area contributed by atoms with Crippen molar-refractivity contribution in [3.05, 3.63) is 36.9 Å². The number of ether oxygens (including phenoxy) is 1. The van der Waals surface area contributed by atoms with Gasteiger partial charge in [0.05, 0.1) is 0 Å². The Balaban J connectivity index is 2.58. The van der Waals surface area contributed by atoms with Crippen LogP contribution in [0.3, 0.4) is 0 Å². The summed E-state index contributed by atoms with van der Waals surface area (Å²) in [5, 5.41) is 2.45. The van der Waals surface area contributed by atoms with Gasteiger partial charge in [0.2, 0.25) is 0 Å². The van der Waals surface area contributed by atoms with Gasteiger partial charge in [-0.25, -0.2) is 4.79 Å². The predicted molar refractivity (Wildman–Crippen MR) is 55.3 cm³/mol. The van der Waals surface area contributed by atoms with E-state index in [1.54, 1.807) is 30.3 Å². The van der Waals surface area contributed by atoms with E-state index in [1.165, 1.54) is 0 Å². The third-order valence-electron chi connectivity index (χ3n) is 1.49. The van der Waals surface area contributed by atoms with Gasteiger partial charge in [0.1, 0.15) is 12.4 Å². The summed E-state index contributed by atoms with van der Waals surface area (Å²) in [6.45, 7) is 4.00. The van der Waals surface area contributed by atoms with Crippen LogP contribution in [0, 0.1) is 0 Å². The molecule has 2 amide bonds. The zero-order chi connectivity index (χ0) is 10.4. The highest BCUT2D eigenvalue weighted by molar-refractivity contribution is 5.87. The van der Waals surface area contributed by atoms with Crippen LogP contribution >= 0.6 is 0 Å². The molecule has 1 aromatic rings. The number of nitrogens with two attached hydrogens (primary N) is 1. The molecule has 1 aromatic carbocycles. The van der Waals surface area contributed by atoms with Crippen molar-refractivity contribution in [2.24, 2.45) is 5.73 Å². The predicted octanol–water partition coefficient (Wildman–Crippen LogP) is 1.74. The topological polar surface area (TPSA) is 64.3 Å². The number of urea groups is 1. The lowest BCUT2D eigenvalue weighted by atomic mass is 10.3. The Morgan fingerprint density at radius 2 is 2.14 bits per heavy atom. The third-order valence-corrected chi connectivity index (χ3v) is 1.49. The molecular weight excluding hydrogens is 180 g/mol. The van der Waals surface area contributed by atoms with E-state index in [0.717, 1.165) is 5.75 Å². The second-order valence-electron chi connectivity index (χ2n) is 2.61. The fourth-order valence-corrected chi connectivity index (χ4v) is 0.932. The lowest BCUT2D eigenvalue weighted by molar-refractivity contribution is 0.259. The van der Waals surface area contributed by atoms with Gasteiger partial charge in [0.25, 0.3) is 0 Å². The van der Waals surface area contributed by atoms with Crippen LogP contribution < -0.4 is 15.8 Å². The highest BCUT2D eigenvalue weighted by Gasteiger charge is 1.96. The van der Waals surface area contributed by atoms with Gasteiger partial charge in [-0.3, -0.25) is 0 Å². The molecule has 1 rings (SSSR count). The summed E-state index contributed by atoms with van der Waals surface area (Å²) < 4.78 is 5.25. The fraction of sp³-hybridized carbons (Fsp3) is 0.100. The summed E-state index contributed by atoms with van der Waals surface area (Å²) in [7, 11) is 0. The molecule has 0 fully saturated rings. The maximum atomic E-state index is 10.5. The molecule has 0 unspecified atom stereocenters. The normalized spacial score (nSPS) is 9.14. The smallest absolute Gasteiger partial charge is 0.316 e. The Kier molecular flexibility index (Phi) is 3.55. The molecule has 3 N–H and O–H groups in total. The van der Waals surface area contributed by atoms with Gasteiger partial charge in [-0.05, 0) is 24.3 Å². The number of hydrogen-bond donors (Lipinski definition) is 2. The summed E-state index contributed by atoms with van der Waals surface area (Å²) in [5.41, 5.74) is 5.59. The van der Waals surface area contributed by atoms with E-state index >= 15 is 0 Å². The van der Waals surface area contributed by atoms with E-state index < -0.39 is 6.03 Å². The molecule has 0 heterocycles. The molecule has 0 aliphatic heterocycles. The summed E-state index contributed by atoms with van der Waals surface area (Å²) in [5.74, 6) is 0.722. The molecule has 4 nitrogen and oxygen atoms in total. The first-order valence-electron chi connectivity index (χ1n) is 4.12. The lowest BCUT2D eigenvalue weighted by Crippen LogP contribution is -2.19. The molecule has 0 aromatic heterocycles. The van der Waals surface area contributed by atoms with Crippen molar-refractivity contribution in [2.75, 3.05) is 11.9 Å². The van der Waals surface area contributed by atoms with E-state index in [-0.39, 0.29) is 0 Å². The summed E-state index contributed by atoms with van der Waals surface area (Å²) >= 11 is 0. The van der Waals surface area contributed by atoms with E-state index in [1.807, 2.05) is 0 Å². The first-order valence-corrected chi connectivity index (χ1v) is 4.12. The van der Waals surface area contributed by atoms with Crippen molar-refractivity contribution in [2.45, 2.75) is 0 Å². The minimum absolute atomic E-state index is 0.461. The second-order valence-corrected chi connectivity index (χ2v) is 2.61. The number of anilines is 1. The number of amides is 2. The Hall–Kier alpha value is -1.97. The van der Waals surface area contributed by atoms with Gasteiger partial charge in [-0.1, -0.05) is 12.7 Å². The molecule has 0 aliphatic carbocycles. The number of nitrogens with one attached hydrogen (secondary N) is 1. The standard InChI is InChI=1S/C10H12N2O2/c1-2-7-14-9-5-3-8(4-6-9)12-10(11)13/h2-6H,1,7H2,(H3,11,12,13). The molecule has 0 aliphatic rings. The molecule has 4 heteroatoms. The van der Waals surface area contributed by atoms with Crippen LogP contribution in [0.25, 0.3) is 0 Å². The van der Waals surface area contributed by atoms with Gasteiger partial charge in [-0.15, -0.1) is 0 Å². The Bertz CT molecular complexity index is 319. The SMILES string of the molecule is C=CCOc1ccc(NC(N)=O)cc1. The van der Waals surface area contributed by atoms with E-state index in [0.29, 0.717) is 12.3 Å². The van der Waals surface area contributed by atoms with Crippen LogP contribution in [0.4, 0.5) is 10.5 Å². The van der Waals surface area contributed by atoms with E-state index in [4.69, 9.17) is 10.5 Å². The number of carbonyl (C=O) groups excluding carboxylic acids is 1. The van der Waals surface area contributed by atoms with E-state index in [2.05, 4.69) is 11.9 Å². The molecule has 0 saturated carbocycles. The van der Waals surface area contributed by atoms with Gasteiger partial charge >= 0.3 is 6.03 Å². The lowest BCUT2D eigenvalue weighted by Gasteiger charge is -2.04. The monoisotopic (exact) mass is 192 g/mol. The summed E-state index contributed by atoms with van der Waals surface area (Å²) in [4.78, 5) is 10.5. The zero-order valence-corrected chi connectivity index (χ0v) is 7.69. The van der Waals surface area contributed by atoms with Crippen LogP contribution in [0.15, 0.2) is 36.9 Å². The molecule has 14 heavy (non-hydrogen) atoms. The Morgan fingerprint density at radius 1 is 1.50 bits per heavy atom. The minimum atomic E-state index is -0.579. The number of rotatable bonds is 4. The van der Waals surface area contributed by atoms with Crippen molar-refractivity contribution in [1.82, 2.24) is 0 Å². The quantitative estimate of drug-likeness (QED) is 0.713. The molecule has 0 saturated heterocycles. The van der Waals surface area contributed by atoms with Crippen molar-refractivity contribution < 1.29 is 9.53 Å². The van der Waals surface area contributed by atoms with Crippen molar-refractivity contribution in [3.63, 3.8) is 0 Å². The second kappa shape index (κ2) is 4.91. The maximum Gasteiger partial charge on any atom is 0.316 e. The average Bonchev–Trinajstić information content (AvgIpc) is 2.16. The van der Waals surface area contributed by atoms with Crippen molar-refractivity contribution in [1.29, 1.82) is 0 Å². The van der Waals surface area contributed by atoms with Gasteiger partial charge in [0, 0.05) is 5.69 Å². The summed E-state index contributed by atoms with van der Waals surface area (Å²) in [6.07, 6.45) is 1.66. The molecule has 0 spiro atoms. The highest BCUT2D eigenvalue weighted by atomic mass is 16.5. The molecule has 0 atom stereocenters. The van der Waals surface area contributed by atoms with Gasteiger partial charge < -0.3 is 15.8 Å². The van der Waals surface area contributed by atoms with Crippen LogP contribution in [-0.2, 0) is 0 Å². The zero-order valence-electron chi connectivity index (χ0n) is 7.69. The first-order chi connectivity index (χ1) is 6.72. The van der Waals surface area contributed by atoms with Crippen molar-refractivity contribution in [3.8, 4) is 5.75 Å². The first kappa shape index (κ1) is 10.1. The van der Waals surface area contributed by atoms with Crippen molar-refractivity contribution >= 4 is 11.7 Å². The Morgan fingerprint density at radius 3 is 2.64 bits per heavy atom. The van der Waals surface area contributed by atoms with Crippen LogP contribution in [0.5, 0.6) is 5.75 Å². The molecule has 0 radical (unpaired) electrons. The number of carbonyl (C=O) groups is 1. The van der Waals surface area contributed by atoms with Crippen LogP contribution in [-0.4, -0.2) is 12.6 Å². The summed E-state index contributed by atoms with van der Waals surface area (Å²) in [6, 6.07) is 6.33. The average molecular weight is 192 g/mol. The minimum Gasteiger partial charge on any atom is -0.490 e. The molecule has 74 valence electrons. The fourth-order valence-electron chi connectivity index (χ4n) is 0.932. The van der Waals surface area contributed by atoms with E-state index in [9.17, 15) is 4.79 Å². The number of primary amides is 1. The largest absolute Gasteiger partial charge is 0.490 e. The molecular formula is C10H12N2O2. The Labute approximate surface area is 82.4 Å². The number of hydrogen-bond acceptors (Lipinski definition) is 2.